The summed E-state index contributed by atoms with van der Waals surface area (Å²) < 4.78 is 0. The summed E-state index contributed by atoms with van der Waals surface area (Å²) in [5.41, 5.74) is 0. The van der Waals surface area contributed by atoms with E-state index in [1.54, 1.807) is 0 Å². The summed E-state index contributed by atoms with van der Waals surface area (Å²) in [6.45, 7) is 0.665. The van der Waals surface area contributed by atoms with Crippen molar-refractivity contribution in [2.24, 2.45) is 5.92 Å². The van der Waals surface area contributed by atoms with Gasteiger partial charge in [-0.2, -0.15) is 0 Å². The number of carbonyl (C=O) groups excluding carboxylic acids is 2. The Morgan fingerprint density at radius 2 is 1.80 bits per heavy atom. The zero-order valence-electron chi connectivity index (χ0n) is 11.4. The molecule has 1 unspecified atom stereocenters. The van der Waals surface area contributed by atoms with Crippen molar-refractivity contribution in [2.45, 2.75) is 50.6 Å². The lowest BCUT2D eigenvalue weighted by molar-refractivity contribution is -0.142. The van der Waals surface area contributed by atoms with Crippen molar-refractivity contribution in [1.29, 1.82) is 0 Å². The smallest absolute Gasteiger partial charge is 0.315 e. The fourth-order valence-corrected chi connectivity index (χ4v) is 2.78. The van der Waals surface area contributed by atoms with Crippen molar-refractivity contribution in [3.63, 3.8) is 0 Å². The van der Waals surface area contributed by atoms with Gasteiger partial charge < -0.3 is 21.1 Å². The van der Waals surface area contributed by atoms with Crippen LogP contribution in [0.4, 0.5) is 4.79 Å². The number of aliphatic carboxylic acids is 1. The molecule has 4 N–H and O–H groups in total. The van der Waals surface area contributed by atoms with Gasteiger partial charge in [0.1, 0.15) is 6.04 Å². The minimum absolute atomic E-state index is 0.00254. The molecule has 1 saturated heterocycles. The van der Waals surface area contributed by atoms with Crippen LogP contribution in [-0.4, -0.2) is 41.6 Å². The number of carbonyl (C=O) groups is 3. The second-order valence-corrected chi connectivity index (χ2v) is 5.49. The van der Waals surface area contributed by atoms with Gasteiger partial charge in [-0.3, -0.25) is 9.59 Å². The van der Waals surface area contributed by atoms with E-state index < -0.39 is 12.0 Å². The van der Waals surface area contributed by atoms with Gasteiger partial charge in [0.05, 0.1) is 5.92 Å². The van der Waals surface area contributed by atoms with Crippen molar-refractivity contribution >= 4 is 17.9 Å². The normalized spacial score (nSPS) is 30.2. The fraction of sp³-hybridized carbons (Fsp3) is 0.769. The van der Waals surface area contributed by atoms with Gasteiger partial charge in [0.25, 0.3) is 0 Å². The monoisotopic (exact) mass is 283 g/mol. The molecule has 7 heteroatoms. The van der Waals surface area contributed by atoms with E-state index in [0.717, 1.165) is 6.42 Å². The van der Waals surface area contributed by atoms with Crippen LogP contribution in [0.2, 0.25) is 0 Å². The molecule has 0 spiro atoms. The number of carboxylic acids is 1. The predicted molar refractivity (Wildman–Crippen MR) is 71.1 cm³/mol. The average Bonchev–Trinajstić information content (AvgIpc) is 2.42. The van der Waals surface area contributed by atoms with Crippen molar-refractivity contribution < 1.29 is 19.5 Å². The maximum Gasteiger partial charge on any atom is 0.315 e. The first-order valence-corrected chi connectivity index (χ1v) is 7.14. The van der Waals surface area contributed by atoms with Crippen molar-refractivity contribution in [3.05, 3.63) is 0 Å². The third-order valence-electron chi connectivity index (χ3n) is 4.00. The molecule has 1 saturated carbocycles. The third kappa shape index (κ3) is 3.85. The molecule has 0 radical (unpaired) electrons. The molecule has 20 heavy (non-hydrogen) atoms. The summed E-state index contributed by atoms with van der Waals surface area (Å²) in [7, 11) is 0. The zero-order valence-corrected chi connectivity index (χ0v) is 11.4. The van der Waals surface area contributed by atoms with E-state index in [1.165, 1.54) is 0 Å². The van der Waals surface area contributed by atoms with Crippen molar-refractivity contribution in [1.82, 2.24) is 16.0 Å². The summed E-state index contributed by atoms with van der Waals surface area (Å²) in [5, 5.41) is 17.1. The molecule has 0 aromatic rings. The molecule has 0 aromatic carbocycles. The first-order valence-electron chi connectivity index (χ1n) is 7.14. The Labute approximate surface area is 117 Å². The van der Waals surface area contributed by atoms with Gasteiger partial charge in [-0.1, -0.05) is 0 Å². The lowest BCUT2D eigenvalue weighted by Crippen LogP contribution is -2.54. The van der Waals surface area contributed by atoms with E-state index in [9.17, 15) is 14.4 Å². The number of piperidine rings is 1. The zero-order chi connectivity index (χ0) is 14.5. The number of rotatable bonds is 3. The molecule has 1 heterocycles. The number of nitrogens with one attached hydrogen (secondary N) is 3. The van der Waals surface area contributed by atoms with Crippen LogP contribution in [0.1, 0.15) is 38.5 Å². The quantitative estimate of drug-likeness (QED) is 0.593. The minimum atomic E-state index is -0.758. The average molecular weight is 283 g/mol. The summed E-state index contributed by atoms with van der Waals surface area (Å²) >= 11 is 0. The summed E-state index contributed by atoms with van der Waals surface area (Å²) in [6, 6.07) is -0.804. The second-order valence-electron chi connectivity index (χ2n) is 5.49. The van der Waals surface area contributed by atoms with Gasteiger partial charge in [-0.25, -0.2) is 4.79 Å². The maximum absolute atomic E-state index is 11.8. The Balaban J connectivity index is 1.72. The van der Waals surface area contributed by atoms with Crippen LogP contribution in [-0.2, 0) is 9.59 Å². The molecule has 2 fully saturated rings. The van der Waals surface area contributed by atoms with Gasteiger partial charge in [-0.15, -0.1) is 0 Å². The Morgan fingerprint density at radius 1 is 1.10 bits per heavy atom. The van der Waals surface area contributed by atoms with Gasteiger partial charge in [0.2, 0.25) is 5.91 Å². The SMILES string of the molecule is O=C(NC1CCC(C(=O)O)CC1)NC1CCCNC1=O. The van der Waals surface area contributed by atoms with Crippen LogP contribution < -0.4 is 16.0 Å². The molecule has 7 nitrogen and oxygen atoms in total. The molecule has 1 aliphatic heterocycles. The van der Waals surface area contributed by atoms with Gasteiger partial charge in [-0.05, 0) is 38.5 Å². The van der Waals surface area contributed by atoms with Crippen LogP contribution in [0.5, 0.6) is 0 Å². The number of hydrogen-bond donors (Lipinski definition) is 4. The third-order valence-corrected chi connectivity index (χ3v) is 4.00. The lowest BCUT2D eigenvalue weighted by Gasteiger charge is -2.28. The highest BCUT2D eigenvalue weighted by Gasteiger charge is 2.28. The molecular formula is C13H21N3O4. The summed E-state index contributed by atoms with van der Waals surface area (Å²) in [6.07, 6.45) is 4.03. The molecule has 2 aliphatic rings. The molecule has 112 valence electrons. The number of carboxylic acid groups (broad SMARTS) is 1. The largest absolute Gasteiger partial charge is 0.481 e. The molecule has 1 aliphatic carbocycles. The van der Waals surface area contributed by atoms with Crippen LogP contribution in [0.25, 0.3) is 0 Å². The summed E-state index contributed by atoms with van der Waals surface area (Å²) in [4.78, 5) is 34.2. The van der Waals surface area contributed by atoms with Crippen LogP contribution in [0.3, 0.4) is 0 Å². The second kappa shape index (κ2) is 6.58. The highest BCUT2D eigenvalue weighted by atomic mass is 16.4. The molecule has 0 aromatic heterocycles. The van der Waals surface area contributed by atoms with Crippen LogP contribution in [0.15, 0.2) is 0 Å². The minimum Gasteiger partial charge on any atom is -0.481 e. The Kier molecular flexibility index (Phi) is 4.81. The Hall–Kier alpha value is -1.79. The van der Waals surface area contributed by atoms with Crippen LogP contribution in [0, 0.1) is 5.92 Å². The maximum atomic E-state index is 11.8. The highest BCUT2D eigenvalue weighted by Crippen LogP contribution is 2.24. The number of urea groups is 1. The van der Waals surface area contributed by atoms with E-state index in [4.69, 9.17) is 5.11 Å². The molecular weight excluding hydrogens is 262 g/mol. The van der Waals surface area contributed by atoms with Gasteiger partial charge in [0.15, 0.2) is 0 Å². The van der Waals surface area contributed by atoms with E-state index in [1.807, 2.05) is 0 Å². The first kappa shape index (κ1) is 14.6. The van der Waals surface area contributed by atoms with Crippen LogP contribution >= 0.6 is 0 Å². The molecule has 3 amide bonds. The standard InChI is InChI=1S/C13H21N3O4/c17-11-10(2-1-7-14-11)16-13(20)15-9-5-3-8(4-6-9)12(18)19/h8-10H,1-7H2,(H,14,17)(H,18,19)(H2,15,16,20). The highest BCUT2D eigenvalue weighted by molar-refractivity contribution is 5.87. The van der Waals surface area contributed by atoms with E-state index in [2.05, 4.69) is 16.0 Å². The fourth-order valence-electron chi connectivity index (χ4n) is 2.78. The van der Waals surface area contributed by atoms with E-state index in [0.29, 0.717) is 38.6 Å². The van der Waals surface area contributed by atoms with E-state index in [-0.39, 0.29) is 23.9 Å². The van der Waals surface area contributed by atoms with Crippen molar-refractivity contribution in [3.8, 4) is 0 Å². The molecule has 0 bridgehead atoms. The number of hydrogen-bond acceptors (Lipinski definition) is 3. The van der Waals surface area contributed by atoms with Gasteiger partial charge in [0, 0.05) is 12.6 Å². The Morgan fingerprint density at radius 3 is 2.40 bits per heavy atom. The lowest BCUT2D eigenvalue weighted by atomic mass is 9.86. The topological polar surface area (TPSA) is 108 Å². The van der Waals surface area contributed by atoms with Gasteiger partial charge >= 0.3 is 12.0 Å². The Bertz CT molecular complexity index is 391. The molecule has 1 atom stereocenters. The van der Waals surface area contributed by atoms with Crippen molar-refractivity contribution in [2.75, 3.05) is 6.54 Å². The summed E-state index contributed by atoms with van der Waals surface area (Å²) in [5.74, 6) is -1.19. The first-order chi connectivity index (χ1) is 9.56. The van der Waals surface area contributed by atoms with E-state index >= 15 is 0 Å². The molecule has 2 rings (SSSR count). The predicted octanol–water partition coefficient (Wildman–Crippen LogP) is 0.208. The number of amides is 3.